The van der Waals surface area contributed by atoms with Gasteiger partial charge in [0.1, 0.15) is 5.75 Å². The number of para-hydroxylation sites is 1. The highest BCUT2D eigenvalue weighted by Crippen LogP contribution is 2.24. The Hall–Kier alpha value is -2.82. The van der Waals surface area contributed by atoms with Crippen LogP contribution in [0.15, 0.2) is 42.5 Å². The molecule has 0 radical (unpaired) electrons. The van der Waals surface area contributed by atoms with Gasteiger partial charge in [-0.3, -0.25) is 9.59 Å². The summed E-state index contributed by atoms with van der Waals surface area (Å²) in [4.78, 5) is 27.3. The van der Waals surface area contributed by atoms with E-state index in [0.29, 0.717) is 11.3 Å². The Balaban J connectivity index is 2.09. The second-order valence-electron chi connectivity index (χ2n) is 7.34. The maximum atomic E-state index is 12.8. The van der Waals surface area contributed by atoms with E-state index in [2.05, 4.69) is 19.2 Å². The first-order valence-electron chi connectivity index (χ1n) is 10.3. The van der Waals surface area contributed by atoms with Gasteiger partial charge in [-0.25, -0.2) is 0 Å². The summed E-state index contributed by atoms with van der Waals surface area (Å²) in [5.74, 6) is 0.467. The van der Waals surface area contributed by atoms with E-state index < -0.39 is 6.10 Å². The summed E-state index contributed by atoms with van der Waals surface area (Å²) >= 11 is 0. The third kappa shape index (κ3) is 6.08. The number of carbonyl (C=O) groups excluding carboxylic acids is 2. The van der Waals surface area contributed by atoms with E-state index in [0.717, 1.165) is 42.8 Å². The van der Waals surface area contributed by atoms with Crippen LogP contribution in [-0.2, 0) is 4.79 Å². The molecule has 0 saturated carbocycles. The van der Waals surface area contributed by atoms with Crippen molar-refractivity contribution in [3.63, 3.8) is 0 Å². The van der Waals surface area contributed by atoms with Crippen molar-refractivity contribution in [2.45, 2.75) is 53.6 Å². The zero-order chi connectivity index (χ0) is 21.4. The maximum absolute atomic E-state index is 12.8. The summed E-state index contributed by atoms with van der Waals surface area (Å²) in [6, 6.07) is 13.0. The highest BCUT2D eigenvalue weighted by Gasteiger charge is 2.19. The molecule has 1 N–H and O–H groups in total. The summed E-state index contributed by atoms with van der Waals surface area (Å²) in [5, 5.41) is 2.86. The molecule has 5 heteroatoms. The van der Waals surface area contributed by atoms with Gasteiger partial charge in [0, 0.05) is 24.3 Å². The molecule has 2 amide bonds. The molecule has 2 aromatic rings. The monoisotopic (exact) mass is 396 g/mol. The molecule has 0 spiro atoms. The first kappa shape index (κ1) is 22.5. The van der Waals surface area contributed by atoms with Gasteiger partial charge < -0.3 is 15.0 Å². The van der Waals surface area contributed by atoms with Crippen LogP contribution >= 0.6 is 0 Å². The molecule has 0 fully saturated rings. The van der Waals surface area contributed by atoms with Crippen LogP contribution in [0.1, 0.15) is 55.1 Å². The molecular formula is C24H32N2O3. The fourth-order valence-corrected chi connectivity index (χ4v) is 3.23. The zero-order valence-corrected chi connectivity index (χ0v) is 18.1. The summed E-state index contributed by atoms with van der Waals surface area (Å²) in [6.45, 7) is 11.2. The lowest BCUT2D eigenvalue weighted by Crippen LogP contribution is -2.33. The standard InChI is InChI=1S/C24H32N2O3/c1-6-14-26(15-7-2)24(28)20-12-9-13-21(16-20)25-23(27)19(5)29-22-17(3)10-8-11-18(22)4/h8-13,16,19H,6-7,14-15H2,1-5H3,(H,25,27). The van der Waals surface area contributed by atoms with Gasteiger partial charge in [-0.1, -0.05) is 38.1 Å². The second-order valence-corrected chi connectivity index (χ2v) is 7.34. The molecule has 156 valence electrons. The van der Waals surface area contributed by atoms with Gasteiger partial charge in [0.2, 0.25) is 0 Å². The highest BCUT2D eigenvalue weighted by atomic mass is 16.5. The van der Waals surface area contributed by atoms with Crippen molar-refractivity contribution >= 4 is 17.5 Å². The van der Waals surface area contributed by atoms with Crippen LogP contribution in [0.2, 0.25) is 0 Å². The van der Waals surface area contributed by atoms with E-state index in [-0.39, 0.29) is 11.8 Å². The lowest BCUT2D eigenvalue weighted by Gasteiger charge is -2.22. The van der Waals surface area contributed by atoms with Gasteiger partial charge in [-0.15, -0.1) is 0 Å². The first-order valence-corrected chi connectivity index (χ1v) is 10.3. The van der Waals surface area contributed by atoms with Gasteiger partial charge >= 0.3 is 0 Å². The van der Waals surface area contributed by atoms with Crippen LogP contribution in [0.25, 0.3) is 0 Å². The smallest absolute Gasteiger partial charge is 0.265 e. The minimum atomic E-state index is -0.661. The van der Waals surface area contributed by atoms with Gasteiger partial charge in [-0.05, 0) is 62.9 Å². The predicted molar refractivity (Wildman–Crippen MR) is 118 cm³/mol. The number of benzene rings is 2. The molecule has 0 aliphatic rings. The Morgan fingerprint density at radius 1 is 1.00 bits per heavy atom. The summed E-state index contributed by atoms with van der Waals surface area (Å²) in [6.07, 6.45) is 1.16. The number of nitrogens with zero attached hydrogens (tertiary/aromatic N) is 1. The average Bonchev–Trinajstić information content (AvgIpc) is 2.70. The Morgan fingerprint density at radius 2 is 1.59 bits per heavy atom. The number of ether oxygens (including phenoxy) is 1. The molecule has 0 aromatic heterocycles. The van der Waals surface area contributed by atoms with E-state index in [9.17, 15) is 9.59 Å². The minimum Gasteiger partial charge on any atom is -0.480 e. The van der Waals surface area contributed by atoms with Crippen molar-refractivity contribution < 1.29 is 14.3 Å². The van der Waals surface area contributed by atoms with E-state index >= 15 is 0 Å². The fraction of sp³-hybridized carbons (Fsp3) is 0.417. The van der Waals surface area contributed by atoms with Crippen molar-refractivity contribution in [3.8, 4) is 5.75 Å². The number of nitrogens with one attached hydrogen (secondary N) is 1. The van der Waals surface area contributed by atoms with E-state index in [1.165, 1.54) is 0 Å². The molecule has 0 saturated heterocycles. The molecule has 2 rings (SSSR count). The number of amides is 2. The Morgan fingerprint density at radius 3 is 2.17 bits per heavy atom. The molecule has 1 unspecified atom stereocenters. The Kier molecular flexibility index (Phi) is 8.25. The lowest BCUT2D eigenvalue weighted by atomic mass is 10.1. The fourth-order valence-electron chi connectivity index (χ4n) is 3.23. The zero-order valence-electron chi connectivity index (χ0n) is 18.1. The topological polar surface area (TPSA) is 58.6 Å². The molecule has 0 heterocycles. The van der Waals surface area contributed by atoms with Crippen molar-refractivity contribution in [2.75, 3.05) is 18.4 Å². The maximum Gasteiger partial charge on any atom is 0.265 e. The number of hydrogen-bond donors (Lipinski definition) is 1. The van der Waals surface area contributed by atoms with Gasteiger partial charge in [-0.2, -0.15) is 0 Å². The summed E-state index contributed by atoms with van der Waals surface area (Å²) < 4.78 is 5.90. The van der Waals surface area contributed by atoms with Crippen molar-refractivity contribution in [2.24, 2.45) is 0 Å². The molecule has 1 atom stereocenters. The van der Waals surface area contributed by atoms with Gasteiger partial charge in [0.05, 0.1) is 0 Å². The quantitative estimate of drug-likeness (QED) is 0.651. The number of hydrogen-bond acceptors (Lipinski definition) is 3. The molecule has 29 heavy (non-hydrogen) atoms. The van der Waals surface area contributed by atoms with E-state index in [4.69, 9.17) is 4.74 Å². The molecule has 2 aromatic carbocycles. The van der Waals surface area contributed by atoms with Crippen LogP contribution in [0.3, 0.4) is 0 Å². The van der Waals surface area contributed by atoms with Crippen LogP contribution in [0, 0.1) is 13.8 Å². The molecule has 0 bridgehead atoms. The number of aryl methyl sites for hydroxylation is 2. The number of anilines is 1. The normalized spacial score (nSPS) is 11.6. The van der Waals surface area contributed by atoms with Crippen LogP contribution in [-0.4, -0.2) is 35.9 Å². The number of carbonyl (C=O) groups is 2. The third-order valence-corrected chi connectivity index (χ3v) is 4.72. The van der Waals surface area contributed by atoms with Gasteiger partial charge in [0.15, 0.2) is 6.10 Å². The minimum absolute atomic E-state index is 0.00960. The molecular weight excluding hydrogens is 364 g/mol. The second kappa shape index (κ2) is 10.6. The summed E-state index contributed by atoms with van der Waals surface area (Å²) in [7, 11) is 0. The van der Waals surface area contributed by atoms with Gasteiger partial charge in [0.25, 0.3) is 11.8 Å². The van der Waals surface area contributed by atoms with Crippen LogP contribution in [0.4, 0.5) is 5.69 Å². The van der Waals surface area contributed by atoms with E-state index in [1.807, 2.05) is 36.9 Å². The van der Waals surface area contributed by atoms with Crippen LogP contribution < -0.4 is 10.1 Å². The largest absolute Gasteiger partial charge is 0.480 e. The predicted octanol–water partition coefficient (Wildman–Crippen LogP) is 4.97. The first-order chi connectivity index (χ1) is 13.9. The highest BCUT2D eigenvalue weighted by molar-refractivity contribution is 5.98. The third-order valence-electron chi connectivity index (χ3n) is 4.72. The van der Waals surface area contributed by atoms with Crippen LogP contribution in [0.5, 0.6) is 5.75 Å². The average molecular weight is 397 g/mol. The lowest BCUT2D eigenvalue weighted by molar-refractivity contribution is -0.122. The number of rotatable bonds is 9. The Labute approximate surface area is 174 Å². The SMILES string of the molecule is CCCN(CCC)C(=O)c1cccc(NC(=O)C(C)Oc2c(C)cccc2C)c1. The Bertz CT molecular complexity index is 822. The molecule has 0 aliphatic carbocycles. The van der Waals surface area contributed by atoms with E-state index in [1.54, 1.807) is 31.2 Å². The summed E-state index contributed by atoms with van der Waals surface area (Å²) in [5.41, 5.74) is 3.15. The van der Waals surface area contributed by atoms with Crippen molar-refractivity contribution in [1.29, 1.82) is 0 Å². The van der Waals surface area contributed by atoms with Crippen molar-refractivity contribution in [3.05, 3.63) is 59.2 Å². The molecule has 0 aliphatic heterocycles. The molecule has 5 nitrogen and oxygen atoms in total. The van der Waals surface area contributed by atoms with Crippen molar-refractivity contribution in [1.82, 2.24) is 4.90 Å².